The van der Waals surface area contributed by atoms with Gasteiger partial charge < -0.3 is 15.3 Å². The minimum atomic E-state index is -1.19. The number of carboxylic acid groups (broad SMARTS) is 1. The topological polar surface area (TPSA) is 94.1 Å². The highest BCUT2D eigenvalue weighted by Gasteiger charge is 2.45. The van der Waals surface area contributed by atoms with E-state index in [9.17, 15) is 23.1 Å². The summed E-state index contributed by atoms with van der Waals surface area (Å²) >= 11 is 0. The second-order valence-corrected chi connectivity index (χ2v) is 9.25. The number of pyridine rings is 1. The number of nitrogens with zero attached hydrogens (tertiary/aromatic N) is 3. The molecule has 0 saturated carbocycles. The van der Waals surface area contributed by atoms with Crippen LogP contribution in [-0.4, -0.2) is 50.3 Å². The molecule has 1 aliphatic heterocycles. The molecular formula is C25H28F3N5O2. The van der Waals surface area contributed by atoms with Crippen LogP contribution in [0, 0.1) is 29.8 Å². The maximum Gasteiger partial charge on any atom is 0.310 e. The Bertz CT molecular complexity index is 1220. The number of nitrogens with one attached hydrogen (secondary N) is 2. The third-order valence-electron chi connectivity index (χ3n) is 6.73. The zero-order chi connectivity index (χ0) is 25.2. The predicted molar refractivity (Wildman–Crippen MR) is 125 cm³/mol. The number of piperidine rings is 1. The number of aromatic amines is 1. The number of H-pyrrole nitrogens is 1. The summed E-state index contributed by atoms with van der Waals surface area (Å²) < 4.78 is 42.2. The number of anilines is 2. The van der Waals surface area contributed by atoms with Crippen LogP contribution in [0.2, 0.25) is 0 Å². The third kappa shape index (κ3) is 5.48. The number of benzene rings is 1. The van der Waals surface area contributed by atoms with E-state index in [1.807, 2.05) is 13.8 Å². The van der Waals surface area contributed by atoms with E-state index in [1.165, 1.54) is 18.2 Å². The maximum absolute atomic E-state index is 14.7. The molecule has 3 heterocycles. The average molecular weight is 488 g/mol. The molecule has 0 radical (unpaired) electrons. The number of aliphatic carboxylic acids is 1. The van der Waals surface area contributed by atoms with E-state index in [-0.39, 0.29) is 36.6 Å². The molecule has 4 rings (SSSR count). The Labute approximate surface area is 201 Å². The molecule has 3 aromatic rings. The molecular weight excluding hydrogens is 459 g/mol. The Kier molecular flexibility index (Phi) is 7.11. The minimum Gasteiger partial charge on any atom is -0.481 e. The quantitative estimate of drug-likeness (QED) is 0.430. The molecule has 10 heteroatoms. The largest absolute Gasteiger partial charge is 0.481 e. The van der Waals surface area contributed by atoms with Gasteiger partial charge in [-0.2, -0.15) is 5.10 Å². The van der Waals surface area contributed by atoms with E-state index >= 15 is 0 Å². The summed E-state index contributed by atoms with van der Waals surface area (Å²) in [5, 5.41) is 20.0. The number of carbonyl (C=O) groups is 1. The van der Waals surface area contributed by atoms with Gasteiger partial charge in [-0.1, -0.05) is 12.1 Å². The first-order valence-electron chi connectivity index (χ1n) is 11.5. The standard InChI is InChI=1S/C25H28F3N5O2/c1-15-12-22(32-31-15)30-21-7-6-18(26)20(29-21)14-25(24(34)35)9-11-33(16(2)13-25)10-8-17-4-3-5-19(27)23(17)28/h3-7,12,16H,8-11,13-14H2,1-2H3,(H,34,35)(H2,29,30,31,32)/t16-,25-/m1/s1. The molecule has 7 nitrogen and oxygen atoms in total. The molecule has 1 fully saturated rings. The summed E-state index contributed by atoms with van der Waals surface area (Å²) in [6, 6.07) is 8.48. The molecule has 0 aliphatic carbocycles. The summed E-state index contributed by atoms with van der Waals surface area (Å²) in [7, 11) is 0. The molecule has 2 aromatic heterocycles. The van der Waals surface area contributed by atoms with Crippen molar-refractivity contribution >= 4 is 17.6 Å². The number of aryl methyl sites for hydroxylation is 1. The van der Waals surface area contributed by atoms with Crippen molar-refractivity contribution in [2.24, 2.45) is 5.41 Å². The number of hydrogen-bond acceptors (Lipinski definition) is 5. The Hall–Kier alpha value is -3.40. The first-order valence-corrected chi connectivity index (χ1v) is 11.5. The highest BCUT2D eigenvalue weighted by atomic mass is 19.2. The summed E-state index contributed by atoms with van der Waals surface area (Å²) in [4.78, 5) is 18.8. The number of likely N-dealkylation sites (tertiary alicyclic amines) is 1. The molecule has 1 aromatic carbocycles. The van der Waals surface area contributed by atoms with E-state index < -0.39 is 28.8 Å². The van der Waals surface area contributed by atoms with Crippen molar-refractivity contribution in [1.82, 2.24) is 20.1 Å². The van der Waals surface area contributed by atoms with Gasteiger partial charge in [0.1, 0.15) is 11.6 Å². The Morgan fingerprint density at radius 3 is 2.71 bits per heavy atom. The first-order chi connectivity index (χ1) is 16.7. The molecule has 0 spiro atoms. The molecule has 2 atom stereocenters. The Balaban J connectivity index is 1.46. The lowest BCUT2D eigenvalue weighted by Gasteiger charge is -2.43. The molecule has 1 aliphatic rings. The van der Waals surface area contributed by atoms with Gasteiger partial charge in [0.2, 0.25) is 0 Å². The van der Waals surface area contributed by atoms with E-state index in [0.717, 1.165) is 11.8 Å². The van der Waals surface area contributed by atoms with Crippen LogP contribution in [-0.2, 0) is 17.6 Å². The SMILES string of the molecule is Cc1cc(Nc2ccc(F)c(C[C@@]3(C(=O)O)CCN(CCc4cccc(F)c4F)[C@H](C)C3)n2)n[nH]1. The van der Waals surface area contributed by atoms with Gasteiger partial charge in [0.05, 0.1) is 11.1 Å². The maximum atomic E-state index is 14.7. The number of halogens is 3. The van der Waals surface area contributed by atoms with Crippen LogP contribution in [0.3, 0.4) is 0 Å². The van der Waals surface area contributed by atoms with Gasteiger partial charge in [-0.3, -0.25) is 9.89 Å². The van der Waals surface area contributed by atoms with Crippen LogP contribution >= 0.6 is 0 Å². The van der Waals surface area contributed by atoms with Crippen molar-refractivity contribution in [3.8, 4) is 0 Å². The van der Waals surface area contributed by atoms with Crippen molar-refractivity contribution in [2.45, 2.75) is 45.6 Å². The monoisotopic (exact) mass is 487 g/mol. The lowest BCUT2D eigenvalue weighted by atomic mass is 9.72. The fourth-order valence-electron chi connectivity index (χ4n) is 4.75. The molecule has 0 bridgehead atoms. The smallest absolute Gasteiger partial charge is 0.310 e. The van der Waals surface area contributed by atoms with Gasteiger partial charge in [-0.25, -0.2) is 18.2 Å². The van der Waals surface area contributed by atoms with Crippen molar-refractivity contribution in [3.05, 3.63) is 70.8 Å². The van der Waals surface area contributed by atoms with Crippen molar-refractivity contribution in [3.63, 3.8) is 0 Å². The summed E-state index contributed by atoms with van der Waals surface area (Å²) in [6.45, 7) is 4.66. The lowest BCUT2D eigenvalue weighted by molar-refractivity contribution is -0.153. The second kappa shape index (κ2) is 10.1. The van der Waals surface area contributed by atoms with Crippen molar-refractivity contribution < 1.29 is 23.1 Å². The van der Waals surface area contributed by atoms with Gasteiger partial charge in [0.15, 0.2) is 17.5 Å². The summed E-state index contributed by atoms with van der Waals surface area (Å²) in [5.74, 6) is -2.40. The van der Waals surface area contributed by atoms with E-state index in [0.29, 0.717) is 31.1 Å². The van der Waals surface area contributed by atoms with Gasteiger partial charge in [0.25, 0.3) is 0 Å². The van der Waals surface area contributed by atoms with Crippen molar-refractivity contribution in [2.75, 3.05) is 18.4 Å². The number of carboxylic acids is 1. The van der Waals surface area contributed by atoms with Crippen LogP contribution in [0.1, 0.15) is 36.7 Å². The van der Waals surface area contributed by atoms with Crippen LogP contribution < -0.4 is 5.32 Å². The summed E-state index contributed by atoms with van der Waals surface area (Å²) in [5.41, 5.74) is 0.0257. The van der Waals surface area contributed by atoms with Crippen molar-refractivity contribution in [1.29, 1.82) is 0 Å². The predicted octanol–water partition coefficient (Wildman–Crippen LogP) is 4.61. The molecule has 0 unspecified atom stereocenters. The molecule has 0 amide bonds. The second-order valence-electron chi connectivity index (χ2n) is 9.25. The van der Waals surface area contributed by atoms with E-state index in [2.05, 4.69) is 25.4 Å². The Morgan fingerprint density at radius 2 is 2.03 bits per heavy atom. The third-order valence-corrected chi connectivity index (χ3v) is 6.73. The van der Waals surface area contributed by atoms with Crippen LogP contribution in [0.25, 0.3) is 0 Å². The Morgan fingerprint density at radius 1 is 1.23 bits per heavy atom. The van der Waals surface area contributed by atoms with Gasteiger partial charge >= 0.3 is 5.97 Å². The fraction of sp³-hybridized carbons (Fsp3) is 0.400. The van der Waals surface area contributed by atoms with Gasteiger partial charge in [-0.15, -0.1) is 0 Å². The minimum absolute atomic E-state index is 0.0556. The first kappa shape index (κ1) is 24.7. The number of aromatic nitrogens is 3. The van der Waals surface area contributed by atoms with Gasteiger partial charge in [-0.05, 0) is 63.4 Å². The van der Waals surface area contributed by atoms with E-state index in [4.69, 9.17) is 0 Å². The molecule has 186 valence electrons. The van der Waals surface area contributed by atoms with E-state index in [1.54, 1.807) is 12.1 Å². The number of hydrogen-bond donors (Lipinski definition) is 3. The molecule has 1 saturated heterocycles. The van der Waals surface area contributed by atoms with Crippen LogP contribution in [0.4, 0.5) is 24.8 Å². The highest BCUT2D eigenvalue weighted by Crippen LogP contribution is 2.39. The van der Waals surface area contributed by atoms with Crippen LogP contribution in [0.5, 0.6) is 0 Å². The normalized spacial score (nSPS) is 20.7. The average Bonchev–Trinajstić information content (AvgIpc) is 3.22. The number of rotatable bonds is 8. The molecule has 35 heavy (non-hydrogen) atoms. The zero-order valence-electron chi connectivity index (χ0n) is 19.6. The van der Waals surface area contributed by atoms with Gasteiger partial charge in [0, 0.05) is 30.8 Å². The molecule has 3 N–H and O–H groups in total. The fourth-order valence-corrected chi connectivity index (χ4v) is 4.75. The zero-order valence-corrected chi connectivity index (χ0v) is 19.6. The highest BCUT2D eigenvalue weighted by molar-refractivity contribution is 5.75. The van der Waals surface area contributed by atoms with Crippen LogP contribution in [0.15, 0.2) is 36.4 Å². The lowest BCUT2D eigenvalue weighted by Crippen LogP contribution is -2.50. The summed E-state index contributed by atoms with van der Waals surface area (Å²) in [6.07, 6.45) is 0.825.